The van der Waals surface area contributed by atoms with Crippen molar-refractivity contribution in [2.24, 2.45) is 11.5 Å². The van der Waals surface area contributed by atoms with Crippen LogP contribution in [0.4, 0.5) is 0 Å². The van der Waals surface area contributed by atoms with Crippen molar-refractivity contribution in [2.75, 3.05) is 13.2 Å². The van der Waals surface area contributed by atoms with Crippen LogP contribution in [0.1, 0.15) is 56.1 Å². The van der Waals surface area contributed by atoms with Crippen molar-refractivity contribution in [2.45, 2.75) is 57.8 Å². The number of aryl methyl sites for hydroxylation is 2. The highest BCUT2D eigenvalue weighted by molar-refractivity contribution is 5.85. The quantitative estimate of drug-likeness (QED) is 0.136. The third kappa shape index (κ3) is 14.3. The van der Waals surface area contributed by atoms with Crippen LogP contribution in [-0.4, -0.2) is 24.9 Å². The van der Waals surface area contributed by atoms with Gasteiger partial charge in [-0.25, -0.2) is 0 Å². The van der Waals surface area contributed by atoms with Gasteiger partial charge < -0.3 is 20.9 Å². The Bertz CT molecular complexity index is 732. The molecule has 0 aliphatic heterocycles. The predicted octanol–water partition coefficient (Wildman–Crippen LogP) is 5.68. The molecular formula is C25H38Cl2N4O2. The van der Waals surface area contributed by atoms with Crippen LogP contribution < -0.4 is 20.9 Å². The molecule has 0 saturated heterocycles. The summed E-state index contributed by atoms with van der Waals surface area (Å²) in [6.07, 6.45) is 8.38. The number of unbranched alkanes of at least 4 members (excludes halogenated alkanes) is 4. The Morgan fingerprint density at radius 1 is 0.576 bits per heavy atom. The first-order valence-electron chi connectivity index (χ1n) is 11.1. The van der Waals surface area contributed by atoms with Crippen molar-refractivity contribution >= 4 is 36.5 Å². The van der Waals surface area contributed by atoms with Gasteiger partial charge in [-0.2, -0.15) is 0 Å². The molecule has 184 valence electrons. The average Bonchev–Trinajstić information content (AvgIpc) is 2.76. The lowest BCUT2D eigenvalue weighted by Gasteiger charge is -2.08. The van der Waals surface area contributed by atoms with Gasteiger partial charge in [-0.3, -0.25) is 10.8 Å². The molecule has 0 spiro atoms. The van der Waals surface area contributed by atoms with Crippen molar-refractivity contribution in [3.8, 4) is 11.5 Å². The van der Waals surface area contributed by atoms with Crippen LogP contribution in [0.25, 0.3) is 0 Å². The summed E-state index contributed by atoms with van der Waals surface area (Å²) in [6, 6.07) is 16.1. The molecule has 0 aliphatic rings. The fraction of sp³-hybridized carbons (Fsp3) is 0.440. The van der Waals surface area contributed by atoms with Gasteiger partial charge in [0.05, 0.1) is 24.9 Å². The molecule has 0 bridgehead atoms. The number of rotatable bonds is 16. The highest BCUT2D eigenvalue weighted by atomic mass is 35.5. The third-order valence-electron chi connectivity index (χ3n) is 5.04. The fourth-order valence-electron chi connectivity index (χ4n) is 3.18. The predicted molar refractivity (Wildman–Crippen MR) is 142 cm³/mol. The van der Waals surface area contributed by atoms with E-state index in [-0.39, 0.29) is 36.5 Å². The van der Waals surface area contributed by atoms with E-state index in [1.165, 1.54) is 17.5 Å². The molecule has 0 fully saturated rings. The molecule has 6 N–H and O–H groups in total. The van der Waals surface area contributed by atoms with Crippen LogP contribution in [0.2, 0.25) is 0 Å². The standard InChI is InChI=1S/C25H36N4O2.2ClH/c26-24(27)16-10-20-6-12-22(13-7-20)30-18-4-2-1-3-5-19-31-23-14-8-21(9-15-23)11-17-25(28)29;;/h6-9,12-15H,1-5,10-11,16-19H2,(H3,26,27)(H3,28,29);2*1H. The van der Waals surface area contributed by atoms with E-state index < -0.39 is 0 Å². The van der Waals surface area contributed by atoms with Crippen LogP contribution in [0.5, 0.6) is 11.5 Å². The Morgan fingerprint density at radius 3 is 1.24 bits per heavy atom. The third-order valence-corrected chi connectivity index (χ3v) is 5.04. The number of hydrogen-bond acceptors (Lipinski definition) is 4. The van der Waals surface area contributed by atoms with Gasteiger partial charge in [-0.05, 0) is 61.1 Å². The van der Waals surface area contributed by atoms with Crippen molar-refractivity contribution in [1.82, 2.24) is 0 Å². The van der Waals surface area contributed by atoms with E-state index in [1.807, 2.05) is 48.5 Å². The van der Waals surface area contributed by atoms with Gasteiger partial charge in [0.15, 0.2) is 0 Å². The van der Waals surface area contributed by atoms with Gasteiger partial charge in [0.25, 0.3) is 0 Å². The van der Waals surface area contributed by atoms with Crippen molar-refractivity contribution in [1.29, 1.82) is 10.8 Å². The summed E-state index contributed by atoms with van der Waals surface area (Å²) in [5.41, 5.74) is 13.1. The van der Waals surface area contributed by atoms with E-state index in [1.54, 1.807) is 0 Å². The van der Waals surface area contributed by atoms with E-state index in [4.69, 9.17) is 31.8 Å². The molecule has 0 aromatic heterocycles. The molecule has 0 aliphatic carbocycles. The van der Waals surface area contributed by atoms with E-state index in [2.05, 4.69) is 0 Å². The Kier molecular flexibility index (Phi) is 16.7. The topological polar surface area (TPSA) is 118 Å². The first-order chi connectivity index (χ1) is 15.0. The Balaban J connectivity index is 0.00000512. The molecule has 2 rings (SSSR count). The first kappa shape index (κ1) is 30.6. The zero-order chi connectivity index (χ0) is 22.3. The number of amidine groups is 2. The summed E-state index contributed by atoms with van der Waals surface area (Å²) in [5.74, 6) is 2.24. The Morgan fingerprint density at radius 2 is 0.909 bits per heavy atom. The summed E-state index contributed by atoms with van der Waals surface area (Å²) in [5, 5.41) is 14.6. The molecule has 8 heteroatoms. The minimum atomic E-state index is 0. The number of benzene rings is 2. The summed E-state index contributed by atoms with van der Waals surface area (Å²) in [4.78, 5) is 0. The summed E-state index contributed by atoms with van der Waals surface area (Å²) < 4.78 is 11.6. The lowest BCUT2D eigenvalue weighted by atomic mass is 10.1. The smallest absolute Gasteiger partial charge is 0.119 e. The normalized spacial score (nSPS) is 9.94. The van der Waals surface area contributed by atoms with E-state index in [9.17, 15) is 0 Å². The largest absolute Gasteiger partial charge is 0.494 e. The van der Waals surface area contributed by atoms with E-state index >= 15 is 0 Å². The highest BCUT2D eigenvalue weighted by Crippen LogP contribution is 2.16. The van der Waals surface area contributed by atoms with Crippen LogP contribution in [0, 0.1) is 10.8 Å². The molecule has 0 unspecified atom stereocenters. The lowest BCUT2D eigenvalue weighted by molar-refractivity contribution is 0.293. The molecule has 33 heavy (non-hydrogen) atoms. The summed E-state index contributed by atoms with van der Waals surface area (Å²) >= 11 is 0. The molecule has 0 radical (unpaired) electrons. The zero-order valence-corrected chi connectivity index (χ0v) is 20.8. The average molecular weight is 498 g/mol. The Labute approximate surface area is 210 Å². The number of hydrogen-bond donors (Lipinski definition) is 4. The second-order valence-electron chi connectivity index (χ2n) is 7.80. The monoisotopic (exact) mass is 496 g/mol. The SMILES string of the molecule is Cl.Cl.N=C(N)CCc1ccc(OCCCCCCCOc2ccc(CCC(=N)N)cc2)cc1. The van der Waals surface area contributed by atoms with Gasteiger partial charge in [-0.15, -0.1) is 24.8 Å². The lowest BCUT2D eigenvalue weighted by Crippen LogP contribution is -2.10. The number of nitrogens with two attached hydrogens (primary N) is 2. The molecule has 6 nitrogen and oxygen atoms in total. The molecule has 0 atom stereocenters. The summed E-state index contributed by atoms with van der Waals surface area (Å²) in [6.45, 7) is 1.47. The molecule has 0 heterocycles. The minimum Gasteiger partial charge on any atom is -0.494 e. The Hall–Kier alpha value is -2.44. The number of ether oxygens (including phenoxy) is 2. The maximum absolute atomic E-state index is 7.28. The zero-order valence-electron chi connectivity index (χ0n) is 19.2. The second kappa shape index (κ2) is 18.0. The van der Waals surface area contributed by atoms with E-state index in [0.29, 0.717) is 12.8 Å². The van der Waals surface area contributed by atoms with Crippen LogP contribution >= 0.6 is 24.8 Å². The van der Waals surface area contributed by atoms with Crippen molar-refractivity contribution < 1.29 is 9.47 Å². The van der Waals surface area contributed by atoms with Crippen LogP contribution in [-0.2, 0) is 12.8 Å². The molecular weight excluding hydrogens is 459 g/mol. The molecule has 0 saturated carbocycles. The molecule has 2 aromatic carbocycles. The minimum absolute atomic E-state index is 0. The van der Waals surface area contributed by atoms with Crippen LogP contribution in [0.15, 0.2) is 48.5 Å². The van der Waals surface area contributed by atoms with Gasteiger partial charge in [0.1, 0.15) is 11.5 Å². The van der Waals surface area contributed by atoms with Crippen LogP contribution in [0.3, 0.4) is 0 Å². The van der Waals surface area contributed by atoms with Gasteiger partial charge in [0.2, 0.25) is 0 Å². The second-order valence-corrected chi connectivity index (χ2v) is 7.80. The number of halogens is 2. The van der Waals surface area contributed by atoms with Crippen molar-refractivity contribution in [3.63, 3.8) is 0 Å². The molecule has 2 aromatic rings. The highest BCUT2D eigenvalue weighted by Gasteiger charge is 2.00. The fourth-order valence-corrected chi connectivity index (χ4v) is 3.18. The van der Waals surface area contributed by atoms with Crippen molar-refractivity contribution in [3.05, 3.63) is 59.7 Å². The van der Waals surface area contributed by atoms with Gasteiger partial charge in [0, 0.05) is 12.8 Å². The summed E-state index contributed by atoms with van der Waals surface area (Å²) in [7, 11) is 0. The molecule has 0 amide bonds. The van der Waals surface area contributed by atoms with Gasteiger partial charge >= 0.3 is 0 Å². The first-order valence-corrected chi connectivity index (χ1v) is 11.1. The van der Waals surface area contributed by atoms with E-state index in [0.717, 1.165) is 63.2 Å². The maximum atomic E-state index is 7.28. The number of nitrogens with one attached hydrogen (secondary N) is 2. The van der Waals surface area contributed by atoms with Gasteiger partial charge in [-0.1, -0.05) is 43.5 Å². The maximum Gasteiger partial charge on any atom is 0.119 e.